The molecule has 0 aliphatic rings. The number of para-hydroxylation sites is 1. The van der Waals surface area contributed by atoms with E-state index >= 15 is 0 Å². The maximum absolute atomic E-state index is 14.1. The Morgan fingerprint density at radius 1 is 1.10 bits per heavy atom. The molecular weight excluding hydrogens is 415 g/mol. The summed E-state index contributed by atoms with van der Waals surface area (Å²) in [6.07, 6.45) is 0. The number of carbonyl (C=O) groups is 1. The van der Waals surface area contributed by atoms with Gasteiger partial charge in [0.05, 0.1) is 5.69 Å². The zero-order valence-electron chi connectivity index (χ0n) is 17.5. The van der Waals surface area contributed by atoms with Crippen LogP contribution in [0.25, 0.3) is 17.2 Å². The number of aromatic nitrogens is 5. The highest BCUT2D eigenvalue weighted by Crippen LogP contribution is 2.25. The molecule has 2 heterocycles. The van der Waals surface area contributed by atoms with Crippen LogP contribution in [0.3, 0.4) is 0 Å². The van der Waals surface area contributed by atoms with Crippen molar-refractivity contribution in [1.82, 2.24) is 24.4 Å². The first-order chi connectivity index (χ1) is 14.7. The molecule has 7 nitrogen and oxygen atoms in total. The van der Waals surface area contributed by atoms with E-state index in [9.17, 15) is 9.18 Å². The molecule has 9 heteroatoms. The Balaban J connectivity index is 1.53. The van der Waals surface area contributed by atoms with Crippen molar-refractivity contribution in [3.8, 4) is 17.2 Å². The fourth-order valence-electron chi connectivity index (χ4n) is 3.05. The molecule has 0 aliphatic carbocycles. The number of hydrogen-bond donors (Lipinski definition) is 1. The standard InChI is InChI=1S/C22H21FN6OS/c1-13-18(26-28-29(13)17-8-6-5-7-16(17)23)19-24-21(31-27-19)25-20(30)14-9-11-15(12-10-14)22(2,3)4/h5-12H,1-4H3,(H,24,25,27,30). The molecule has 0 saturated heterocycles. The average Bonchev–Trinajstić information content (AvgIpc) is 3.34. The highest BCUT2D eigenvalue weighted by Gasteiger charge is 2.19. The second-order valence-electron chi connectivity index (χ2n) is 8.09. The van der Waals surface area contributed by atoms with Crippen molar-refractivity contribution < 1.29 is 9.18 Å². The minimum Gasteiger partial charge on any atom is -0.297 e. The summed E-state index contributed by atoms with van der Waals surface area (Å²) < 4.78 is 19.8. The van der Waals surface area contributed by atoms with Crippen LogP contribution in [0.5, 0.6) is 0 Å². The molecule has 0 fully saturated rings. The number of anilines is 1. The van der Waals surface area contributed by atoms with Gasteiger partial charge in [0.15, 0.2) is 11.5 Å². The Labute approximate surface area is 183 Å². The molecular formula is C22H21FN6OS. The van der Waals surface area contributed by atoms with Crippen LogP contribution in [0.15, 0.2) is 48.5 Å². The molecule has 31 heavy (non-hydrogen) atoms. The highest BCUT2D eigenvalue weighted by molar-refractivity contribution is 7.10. The Kier molecular flexibility index (Phi) is 5.36. The van der Waals surface area contributed by atoms with Gasteiger partial charge in [-0.15, -0.1) is 5.10 Å². The lowest BCUT2D eigenvalue weighted by atomic mass is 9.87. The van der Waals surface area contributed by atoms with Gasteiger partial charge in [0.25, 0.3) is 5.91 Å². The first-order valence-corrected chi connectivity index (χ1v) is 10.4. The van der Waals surface area contributed by atoms with Crippen molar-refractivity contribution in [2.24, 2.45) is 0 Å². The van der Waals surface area contributed by atoms with Crippen LogP contribution in [0.2, 0.25) is 0 Å². The van der Waals surface area contributed by atoms with Gasteiger partial charge in [-0.2, -0.15) is 9.36 Å². The van der Waals surface area contributed by atoms with E-state index in [1.54, 1.807) is 37.3 Å². The summed E-state index contributed by atoms with van der Waals surface area (Å²) in [7, 11) is 0. The third-order valence-corrected chi connectivity index (χ3v) is 5.48. The summed E-state index contributed by atoms with van der Waals surface area (Å²) >= 11 is 1.05. The smallest absolute Gasteiger partial charge is 0.257 e. The zero-order chi connectivity index (χ0) is 22.2. The van der Waals surface area contributed by atoms with E-state index in [4.69, 9.17) is 0 Å². The molecule has 4 rings (SSSR count). The Bertz CT molecular complexity index is 1240. The monoisotopic (exact) mass is 436 g/mol. The fraction of sp³-hybridized carbons (Fsp3) is 0.227. The van der Waals surface area contributed by atoms with Gasteiger partial charge in [-0.3, -0.25) is 10.1 Å². The van der Waals surface area contributed by atoms with Gasteiger partial charge in [0.2, 0.25) is 5.13 Å². The summed E-state index contributed by atoms with van der Waals surface area (Å²) in [4.78, 5) is 16.9. The minimum absolute atomic E-state index is 0.0150. The van der Waals surface area contributed by atoms with Crippen LogP contribution < -0.4 is 5.32 Å². The lowest BCUT2D eigenvalue weighted by molar-refractivity contribution is 0.102. The maximum Gasteiger partial charge on any atom is 0.257 e. The molecule has 158 valence electrons. The number of hydrogen-bond acceptors (Lipinski definition) is 6. The zero-order valence-corrected chi connectivity index (χ0v) is 18.4. The van der Waals surface area contributed by atoms with Crippen LogP contribution >= 0.6 is 11.5 Å². The van der Waals surface area contributed by atoms with Crippen molar-refractivity contribution in [3.63, 3.8) is 0 Å². The van der Waals surface area contributed by atoms with Crippen LogP contribution in [0, 0.1) is 12.7 Å². The van der Waals surface area contributed by atoms with Gasteiger partial charge in [-0.25, -0.2) is 9.07 Å². The number of carbonyl (C=O) groups excluding carboxylic acids is 1. The first kappa shape index (κ1) is 20.8. The third-order valence-electron chi connectivity index (χ3n) is 4.85. The second kappa shape index (κ2) is 7.99. The lowest BCUT2D eigenvalue weighted by Gasteiger charge is -2.18. The second-order valence-corrected chi connectivity index (χ2v) is 8.84. The van der Waals surface area contributed by atoms with Crippen molar-refractivity contribution in [3.05, 3.63) is 71.2 Å². The predicted molar refractivity (Wildman–Crippen MR) is 118 cm³/mol. The van der Waals surface area contributed by atoms with Crippen LogP contribution in [0.4, 0.5) is 9.52 Å². The molecule has 0 atom stereocenters. The van der Waals surface area contributed by atoms with E-state index in [0.29, 0.717) is 33.6 Å². The molecule has 0 spiro atoms. The van der Waals surface area contributed by atoms with E-state index in [2.05, 4.69) is 45.8 Å². The van der Waals surface area contributed by atoms with Gasteiger partial charge in [-0.1, -0.05) is 50.3 Å². The molecule has 0 radical (unpaired) electrons. The number of nitrogens with one attached hydrogen (secondary N) is 1. The van der Waals surface area contributed by atoms with Gasteiger partial charge >= 0.3 is 0 Å². The maximum atomic E-state index is 14.1. The highest BCUT2D eigenvalue weighted by atomic mass is 32.1. The van der Waals surface area contributed by atoms with Gasteiger partial charge in [0, 0.05) is 17.1 Å². The number of benzene rings is 2. The molecule has 2 aromatic heterocycles. The number of rotatable bonds is 4. The van der Waals surface area contributed by atoms with Crippen molar-refractivity contribution in [2.45, 2.75) is 33.1 Å². The summed E-state index contributed by atoms with van der Waals surface area (Å²) in [5, 5.41) is 11.2. The normalized spacial score (nSPS) is 11.5. The van der Waals surface area contributed by atoms with Crippen molar-refractivity contribution in [2.75, 3.05) is 5.32 Å². The molecule has 1 amide bonds. The third kappa shape index (κ3) is 4.22. The van der Waals surface area contributed by atoms with Gasteiger partial charge < -0.3 is 0 Å². The van der Waals surface area contributed by atoms with Gasteiger partial charge in [-0.05, 0) is 42.2 Å². The molecule has 0 unspecified atom stereocenters. The Morgan fingerprint density at radius 2 is 1.81 bits per heavy atom. The SMILES string of the molecule is Cc1c(-c2nsc(NC(=O)c3ccc(C(C)(C)C)cc3)n2)nnn1-c1ccccc1F. The Morgan fingerprint density at radius 3 is 2.48 bits per heavy atom. The van der Waals surface area contributed by atoms with E-state index in [1.807, 2.05) is 12.1 Å². The molecule has 1 N–H and O–H groups in total. The average molecular weight is 437 g/mol. The number of nitrogens with zero attached hydrogens (tertiary/aromatic N) is 5. The lowest BCUT2D eigenvalue weighted by Crippen LogP contribution is -2.14. The van der Waals surface area contributed by atoms with E-state index in [0.717, 1.165) is 17.1 Å². The van der Waals surface area contributed by atoms with Crippen molar-refractivity contribution in [1.29, 1.82) is 0 Å². The molecule has 0 saturated carbocycles. The molecule has 4 aromatic rings. The number of halogens is 1. The van der Waals surface area contributed by atoms with Crippen LogP contribution in [0.1, 0.15) is 42.4 Å². The molecule has 2 aromatic carbocycles. The fourth-order valence-corrected chi connectivity index (χ4v) is 3.62. The topological polar surface area (TPSA) is 85.6 Å². The minimum atomic E-state index is -0.404. The quantitative estimate of drug-likeness (QED) is 0.497. The van der Waals surface area contributed by atoms with Gasteiger partial charge in [0.1, 0.15) is 11.5 Å². The largest absolute Gasteiger partial charge is 0.297 e. The Hall–Kier alpha value is -3.46. The molecule has 0 aliphatic heterocycles. The van der Waals surface area contributed by atoms with E-state index in [1.165, 1.54) is 10.7 Å². The van der Waals surface area contributed by atoms with E-state index < -0.39 is 5.82 Å². The van der Waals surface area contributed by atoms with E-state index in [-0.39, 0.29) is 11.3 Å². The predicted octanol–water partition coefficient (Wildman–Crippen LogP) is 4.78. The molecule has 0 bridgehead atoms. The van der Waals surface area contributed by atoms with Crippen LogP contribution in [-0.4, -0.2) is 30.3 Å². The summed E-state index contributed by atoms with van der Waals surface area (Å²) in [6.45, 7) is 8.12. The number of amides is 1. The summed E-state index contributed by atoms with van der Waals surface area (Å²) in [6, 6.07) is 13.8. The van der Waals surface area contributed by atoms with Crippen molar-refractivity contribution >= 4 is 22.6 Å². The first-order valence-electron chi connectivity index (χ1n) is 9.67. The van der Waals surface area contributed by atoms with Crippen LogP contribution in [-0.2, 0) is 5.41 Å². The summed E-state index contributed by atoms with van der Waals surface area (Å²) in [5.41, 5.74) is 3.01. The summed E-state index contributed by atoms with van der Waals surface area (Å²) in [5.74, 6) is -0.350.